The molecular weight excluding hydrogens is 192 g/mol. The van der Waals surface area contributed by atoms with Crippen molar-refractivity contribution in [3.63, 3.8) is 0 Å². The van der Waals surface area contributed by atoms with Crippen LogP contribution in [0.2, 0.25) is 0 Å². The zero-order valence-electron chi connectivity index (χ0n) is 8.12. The number of benzene rings is 1. The topological polar surface area (TPSA) is 46.5 Å². The van der Waals surface area contributed by atoms with Crippen molar-refractivity contribution in [2.24, 2.45) is 0 Å². The summed E-state index contributed by atoms with van der Waals surface area (Å²) in [5.41, 5.74) is 1.77. The highest BCUT2D eigenvalue weighted by Gasteiger charge is 2.12. The van der Waals surface area contributed by atoms with Gasteiger partial charge in [0.1, 0.15) is 5.75 Å². The normalized spacial score (nSPS) is 13.1. The first-order valence-corrected chi connectivity index (χ1v) is 4.77. The lowest BCUT2D eigenvalue weighted by Crippen LogP contribution is -2.09. The molecule has 0 bridgehead atoms. The fourth-order valence-electron chi connectivity index (χ4n) is 1.61. The summed E-state index contributed by atoms with van der Waals surface area (Å²) in [7, 11) is 0. The summed E-state index contributed by atoms with van der Waals surface area (Å²) in [5, 5.41) is 8.46. The highest BCUT2D eigenvalue weighted by molar-refractivity contribution is 5.87. The number of carboxylic acid groups (broad SMARTS) is 1. The van der Waals surface area contributed by atoms with E-state index in [1.165, 1.54) is 0 Å². The van der Waals surface area contributed by atoms with E-state index in [-0.39, 0.29) is 0 Å². The molecule has 76 valence electrons. The van der Waals surface area contributed by atoms with E-state index in [2.05, 4.69) is 11.8 Å². The smallest absolute Gasteiger partial charge is 0.382 e. The van der Waals surface area contributed by atoms with Gasteiger partial charge in [0, 0.05) is 5.92 Å². The summed E-state index contributed by atoms with van der Waals surface area (Å²) in [5.74, 6) is 4.32. The lowest BCUT2D eigenvalue weighted by molar-refractivity contribution is -0.130. The minimum absolute atomic E-state index is 0.662. The molecule has 1 aromatic carbocycles. The van der Waals surface area contributed by atoms with Crippen molar-refractivity contribution >= 4 is 5.97 Å². The highest BCUT2D eigenvalue weighted by atomic mass is 16.5. The molecule has 0 aromatic heterocycles. The molecule has 3 nitrogen and oxygen atoms in total. The van der Waals surface area contributed by atoms with Crippen LogP contribution in [0.1, 0.15) is 17.5 Å². The third-order valence-electron chi connectivity index (χ3n) is 2.24. The van der Waals surface area contributed by atoms with Crippen LogP contribution in [0.3, 0.4) is 0 Å². The fraction of sp³-hybridized carbons (Fsp3) is 0.250. The van der Waals surface area contributed by atoms with E-state index < -0.39 is 5.97 Å². The molecule has 0 saturated carbocycles. The first-order valence-electron chi connectivity index (χ1n) is 4.77. The molecule has 0 amide bonds. The van der Waals surface area contributed by atoms with E-state index in [1.54, 1.807) is 6.07 Å². The molecule has 3 heteroatoms. The molecule has 1 N–H and O–H groups in total. The van der Waals surface area contributed by atoms with E-state index in [4.69, 9.17) is 9.84 Å². The molecule has 1 heterocycles. The van der Waals surface area contributed by atoms with Crippen LogP contribution in [0.4, 0.5) is 0 Å². The van der Waals surface area contributed by atoms with Crippen molar-refractivity contribution in [1.29, 1.82) is 0 Å². The van der Waals surface area contributed by atoms with Gasteiger partial charge in [0.25, 0.3) is 0 Å². The number of hydrogen-bond acceptors (Lipinski definition) is 2. The molecule has 1 aliphatic heterocycles. The van der Waals surface area contributed by atoms with E-state index in [1.807, 2.05) is 12.1 Å². The van der Waals surface area contributed by atoms with Crippen LogP contribution in [-0.4, -0.2) is 17.7 Å². The van der Waals surface area contributed by atoms with Gasteiger partial charge < -0.3 is 9.84 Å². The summed E-state index contributed by atoms with van der Waals surface area (Å²) in [6.45, 7) is 0.679. The Kier molecular flexibility index (Phi) is 2.59. The van der Waals surface area contributed by atoms with Crippen LogP contribution >= 0.6 is 0 Å². The average Bonchev–Trinajstić information content (AvgIpc) is 2.26. The van der Waals surface area contributed by atoms with Gasteiger partial charge in [-0.05, 0) is 24.5 Å². The highest BCUT2D eigenvalue weighted by Crippen LogP contribution is 2.27. The third-order valence-corrected chi connectivity index (χ3v) is 2.24. The molecular formula is C12H10O3. The Hall–Kier alpha value is -1.95. The number of rotatable bonds is 0. The average molecular weight is 202 g/mol. The second kappa shape index (κ2) is 4.05. The predicted octanol–water partition coefficient (Wildman–Crippen LogP) is 1.45. The molecule has 0 radical (unpaired) electrons. The SMILES string of the molecule is O=C(O)C#Cc1cccc2c1OCCC2. The Morgan fingerprint density at radius 3 is 3.13 bits per heavy atom. The van der Waals surface area contributed by atoms with Crippen molar-refractivity contribution < 1.29 is 14.6 Å². The summed E-state index contributed by atoms with van der Waals surface area (Å²) < 4.78 is 5.49. The lowest BCUT2D eigenvalue weighted by atomic mass is 10.0. The summed E-state index contributed by atoms with van der Waals surface area (Å²) in [6.07, 6.45) is 1.97. The molecule has 0 spiro atoms. The monoisotopic (exact) mass is 202 g/mol. The molecule has 1 aliphatic rings. The van der Waals surface area contributed by atoms with Gasteiger partial charge in [-0.2, -0.15) is 0 Å². The van der Waals surface area contributed by atoms with Gasteiger partial charge in [-0.25, -0.2) is 4.79 Å². The number of hydrogen-bond donors (Lipinski definition) is 1. The Morgan fingerprint density at radius 2 is 2.33 bits per heavy atom. The minimum Gasteiger partial charge on any atom is -0.492 e. The van der Waals surface area contributed by atoms with Gasteiger partial charge in [0.2, 0.25) is 0 Å². The number of ether oxygens (including phenoxy) is 1. The van der Waals surface area contributed by atoms with Crippen LogP contribution in [-0.2, 0) is 11.2 Å². The van der Waals surface area contributed by atoms with E-state index >= 15 is 0 Å². The number of fused-ring (bicyclic) bond motifs is 1. The summed E-state index contributed by atoms with van der Waals surface area (Å²) in [6, 6.07) is 5.64. The van der Waals surface area contributed by atoms with Crippen LogP contribution < -0.4 is 4.74 Å². The van der Waals surface area contributed by atoms with Crippen molar-refractivity contribution in [3.05, 3.63) is 29.3 Å². The second-order valence-corrected chi connectivity index (χ2v) is 3.30. The lowest BCUT2D eigenvalue weighted by Gasteiger charge is -2.17. The second-order valence-electron chi connectivity index (χ2n) is 3.30. The zero-order chi connectivity index (χ0) is 10.7. The van der Waals surface area contributed by atoms with E-state index in [0.29, 0.717) is 12.2 Å². The standard InChI is InChI=1S/C12H10O3/c13-11(14)7-6-10-4-1-3-9-5-2-8-15-12(9)10/h1,3-4H,2,5,8H2,(H,13,14). The molecule has 1 aromatic rings. The van der Waals surface area contributed by atoms with Crippen LogP contribution in [0.15, 0.2) is 18.2 Å². The van der Waals surface area contributed by atoms with Gasteiger partial charge in [-0.1, -0.05) is 18.1 Å². The van der Waals surface area contributed by atoms with Crippen LogP contribution in [0.25, 0.3) is 0 Å². The van der Waals surface area contributed by atoms with E-state index in [9.17, 15) is 4.79 Å². The number of carboxylic acids is 1. The van der Waals surface area contributed by atoms with Gasteiger partial charge >= 0.3 is 5.97 Å². The maximum atomic E-state index is 10.3. The van der Waals surface area contributed by atoms with Gasteiger partial charge in [-0.3, -0.25) is 0 Å². The molecule has 15 heavy (non-hydrogen) atoms. The van der Waals surface area contributed by atoms with Gasteiger partial charge in [0.15, 0.2) is 0 Å². The molecule has 0 saturated heterocycles. The molecule has 0 atom stereocenters. The summed E-state index contributed by atoms with van der Waals surface area (Å²) in [4.78, 5) is 10.3. The van der Waals surface area contributed by atoms with Crippen LogP contribution in [0.5, 0.6) is 5.75 Å². The molecule has 2 rings (SSSR count). The van der Waals surface area contributed by atoms with E-state index in [0.717, 1.165) is 24.2 Å². The largest absolute Gasteiger partial charge is 0.492 e. The Bertz CT molecular complexity index is 452. The third kappa shape index (κ3) is 2.10. The zero-order valence-corrected chi connectivity index (χ0v) is 8.12. The quantitative estimate of drug-likeness (QED) is 0.647. The van der Waals surface area contributed by atoms with Crippen molar-refractivity contribution in [2.45, 2.75) is 12.8 Å². The predicted molar refractivity (Wildman–Crippen MR) is 54.8 cm³/mol. The Balaban J connectivity index is 2.40. The first kappa shape index (κ1) is 9.60. The molecule has 0 aliphatic carbocycles. The number of aryl methyl sites for hydroxylation is 1. The maximum Gasteiger partial charge on any atom is 0.382 e. The Labute approximate surface area is 87.7 Å². The number of para-hydroxylation sites is 1. The van der Waals surface area contributed by atoms with Gasteiger partial charge in [0.05, 0.1) is 12.2 Å². The summed E-state index contributed by atoms with van der Waals surface area (Å²) >= 11 is 0. The van der Waals surface area contributed by atoms with Crippen molar-refractivity contribution in [2.75, 3.05) is 6.61 Å². The minimum atomic E-state index is -1.12. The number of carbonyl (C=O) groups is 1. The molecule has 0 fully saturated rings. The maximum absolute atomic E-state index is 10.3. The fourth-order valence-corrected chi connectivity index (χ4v) is 1.61. The first-order chi connectivity index (χ1) is 7.27. The Morgan fingerprint density at radius 1 is 1.47 bits per heavy atom. The van der Waals surface area contributed by atoms with Crippen LogP contribution in [0, 0.1) is 11.8 Å². The van der Waals surface area contributed by atoms with Crippen molar-refractivity contribution in [3.8, 4) is 17.6 Å². The van der Waals surface area contributed by atoms with Crippen molar-refractivity contribution in [1.82, 2.24) is 0 Å². The van der Waals surface area contributed by atoms with Gasteiger partial charge in [-0.15, -0.1) is 0 Å². The number of aliphatic carboxylic acids is 1. The molecule has 0 unspecified atom stereocenters.